The van der Waals surface area contributed by atoms with Crippen LogP contribution in [0.5, 0.6) is 5.75 Å². The number of carboxylic acids is 1. The van der Waals surface area contributed by atoms with E-state index in [1.54, 1.807) is 25.2 Å². The summed E-state index contributed by atoms with van der Waals surface area (Å²) in [4.78, 5) is 10.8. The van der Waals surface area contributed by atoms with Crippen LogP contribution in [0.1, 0.15) is 21.7 Å². The summed E-state index contributed by atoms with van der Waals surface area (Å²) in [6.45, 7) is 0. The molecule has 88 valence electrons. The van der Waals surface area contributed by atoms with Crippen LogP contribution in [0, 0.1) is 0 Å². The largest absolute Gasteiger partial charge is 0.508 e. The summed E-state index contributed by atoms with van der Waals surface area (Å²) in [6.07, 6.45) is 0.411. The van der Waals surface area contributed by atoms with Gasteiger partial charge in [0.25, 0.3) is 0 Å². The summed E-state index contributed by atoms with van der Waals surface area (Å²) >= 11 is 0. The van der Waals surface area contributed by atoms with E-state index < -0.39 is 5.97 Å². The van der Waals surface area contributed by atoms with Gasteiger partial charge in [-0.2, -0.15) is 5.10 Å². The van der Waals surface area contributed by atoms with E-state index in [9.17, 15) is 9.90 Å². The highest BCUT2D eigenvalue weighted by molar-refractivity contribution is 5.85. The zero-order valence-electron chi connectivity index (χ0n) is 9.29. The summed E-state index contributed by atoms with van der Waals surface area (Å²) in [5.41, 5.74) is 1.48. The standard InChI is InChI=1S/C12H12N2O3/c1-14-10(12(16)17)7-9(13-14)6-8-4-2-3-5-11(8)15/h2-5,7,15H,6H2,1H3,(H,16,17). The van der Waals surface area contributed by atoms with Crippen molar-refractivity contribution in [3.8, 4) is 5.75 Å². The SMILES string of the molecule is Cn1nc(Cc2ccccc2O)cc1C(=O)O. The minimum absolute atomic E-state index is 0.135. The van der Waals surface area contributed by atoms with Crippen molar-refractivity contribution in [2.45, 2.75) is 6.42 Å². The minimum atomic E-state index is -1.01. The summed E-state index contributed by atoms with van der Waals surface area (Å²) in [7, 11) is 1.58. The van der Waals surface area contributed by atoms with E-state index in [-0.39, 0.29) is 11.4 Å². The molecule has 0 aliphatic carbocycles. The monoisotopic (exact) mass is 232 g/mol. The fraction of sp³-hybridized carbons (Fsp3) is 0.167. The molecule has 2 N–H and O–H groups in total. The Morgan fingerprint density at radius 2 is 2.12 bits per heavy atom. The number of rotatable bonds is 3. The van der Waals surface area contributed by atoms with Crippen LogP contribution in [0.15, 0.2) is 30.3 Å². The fourth-order valence-corrected chi connectivity index (χ4v) is 1.67. The van der Waals surface area contributed by atoms with Crippen LogP contribution in [0.25, 0.3) is 0 Å². The molecule has 0 saturated heterocycles. The zero-order chi connectivity index (χ0) is 12.4. The van der Waals surface area contributed by atoms with Gasteiger partial charge in [0.15, 0.2) is 0 Å². The van der Waals surface area contributed by atoms with Crippen molar-refractivity contribution in [1.82, 2.24) is 9.78 Å². The smallest absolute Gasteiger partial charge is 0.354 e. The summed E-state index contributed by atoms with van der Waals surface area (Å²) in [6, 6.07) is 8.44. The molecule has 1 aromatic heterocycles. The molecular formula is C12H12N2O3. The number of aromatic nitrogens is 2. The van der Waals surface area contributed by atoms with Crippen LogP contribution >= 0.6 is 0 Å². The van der Waals surface area contributed by atoms with Gasteiger partial charge in [-0.15, -0.1) is 0 Å². The number of carboxylic acid groups (broad SMARTS) is 1. The second-order valence-electron chi connectivity index (χ2n) is 3.76. The lowest BCUT2D eigenvalue weighted by Gasteiger charge is -2.00. The van der Waals surface area contributed by atoms with E-state index in [0.29, 0.717) is 12.1 Å². The van der Waals surface area contributed by atoms with Crippen molar-refractivity contribution in [2.75, 3.05) is 0 Å². The van der Waals surface area contributed by atoms with Crippen LogP contribution in [-0.4, -0.2) is 26.0 Å². The Labute approximate surface area is 97.9 Å². The van der Waals surface area contributed by atoms with Crippen LogP contribution < -0.4 is 0 Å². The minimum Gasteiger partial charge on any atom is -0.508 e. The van der Waals surface area contributed by atoms with Gasteiger partial charge in [-0.05, 0) is 17.7 Å². The highest BCUT2D eigenvalue weighted by Gasteiger charge is 2.12. The molecule has 2 rings (SSSR count). The average molecular weight is 232 g/mol. The van der Waals surface area contributed by atoms with Crippen molar-refractivity contribution in [3.05, 3.63) is 47.3 Å². The number of phenols is 1. The molecule has 0 amide bonds. The third-order valence-electron chi connectivity index (χ3n) is 2.51. The molecule has 0 bridgehead atoms. The molecule has 5 nitrogen and oxygen atoms in total. The van der Waals surface area contributed by atoms with Crippen LogP contribution in [-0.2, 0) is 13.5 Å². The maximum atomic E-state index is 10.8. The lowest BCUT2D eigenvalue weighted by atomic mass is 10.1. The quantitative estimate of drug-likeness (QED) is 0.839. The number of benzene rings is 1. The number of hydrogen-bond acceptors (Lipinski definition) is 3. The van der Waals surface area contributed by atoms with E-state index in [0.717, 1.165) is 5.56 Å². The molecule has 0 aliphatic rings. The molecule has 1 aromatic carbocycles. The van der Waals surface area contributed by atoms with Gasteiger partial charge in [-0.3, -0.25) is 4.68 Å². The lowest BCUT2D eigenvalue weighted by Crippen LogP contribution is -2.04. The van der Waals surface area contributed by atoms with E-state index in [1.807, 2.05) is 6.07 Å². The maximum absolute atomic E-state index is 10.8. The number of aryl methyl sites for hydroxylation is 1. The molecule has 0 atom stereocenters. The molecular weight excluding hydrogens is 220 g/mol. The van der Waals surface area contributed by atoms with Crippen LogP contribution in [0.2, 0.25) is 0 Å². The molecule has 0 saturated carbocycles. The molecule has 1 heterocycles. The van der Waals surface area contributed by atoms with Gasteiger partial charge < -0.3 is 10.2 Å². The van der Waals surface area contributed by atoms with E-state index in [4.69, 9.17) is 5.11 Å². The second-order valence-corrected chi connectivity index (χ2v) is 3.76. The van der Waals surface area contributed by atoms with Crippen molar-refractivity contribution >= 4 is 5.97 Å². The number of aromatic carboxylic acids is 1. The first-order chi connectivity index (χ1) is 8.08. The molecule has 0 spiro atoms. The predicted molar refractivity (Wildman–Crippen MR) is 61.1 cm³/mol. The first-order valence-corrected chi connectivity index (χ1v) is 5.11. The lowest BCUT2D eigenvalue weighted by molar-refractivity contribution is 0.0685. The van der Waals surface area contributed by atoms with Crippen LogP contribution in [0.3, 0.4) is 0 Å². The summed E-state index contributed by atoms with van der Waals surface area (Å²) in [5.74, 6) is -0.821. The summed E-state index contributed by atoms with van der Waals surface area (Å²) in [5, 5.41) is 22.6. The van der Waals surface area contributed by atoms with Gasteiger partial charge in [0.1, 0.15) is 11.4 Å². The third kappa shape index (κ3) is 2.28. The highest BCUT2D eigenvalue weighted by atomic mass is 16.4. The van der Waals surface area contributed by atoms with Crippen LogP contribution in [0.4, 0.5) is 0 Å². The zero-order valence-corrected chi connectivity index (χ0v) is 9.29. The van der Waals surface area contributed by atoms with Gasteiger partial charge in [-0.25, -0.2) is 4.79 Å². The topological polar surface area (TPSA) is 75.3 Å². The fourth-order valence-electron chi connectivity index (χ4n) is 1.67. The number of aromatic hydroxyl groups is 1. The number of nitrogens with zero attached hydrogens (tertiary/aromatic N) is 2. The van der Waals surface area contributed by atoms with E-state index >= 15 is 0 Å². The molecule has 5 heteroatoms. The van der Waals surface area contributed by atoms with Gasteiger partial charge in [0.05, 0.1) is 5.69 Å². The van der Waals surface area contributed by atoms with Crippen molar-refractivity contribution < 1.29 is 15.0 Å². The Bertz CT molecular complexity index is 561. The Kier molecular flexibility index (Phi) is 2.82. The van der Waals surface area contributed by atoms with Gasteiger partial charge in [-0.1, -0.05) is 18.2 Å². The van der Waals surface area contributed by atoms with Gasteiger partial charge in [0, 0.05) is 13.5 Å². The molecule has 0 radical (unpaired) electrons. The number of carbonyl (C=O) groups is 1. The average Bonchev–Trinajstić information content (AvgIpc) is 2.63. The maximum Gasteiger partial charge on any atom is 0.354 e. The van der Waals surface area contributed by atoms with Crippen molar-refractivity contribution in [2.24, 2.45) is 7.05 Å². The Morgan fingerprint density at radius 1 is 1.41 bits per heavy atom. The number of phenolic OH excluding ortho intramolecular Hbond substituents is 1. The Balaban J connectivity index is 2.28. The highest BCUT2D eigenvalue weighted by Crippen LogP contribution is 2.19. The molecule has 0 aliphatic heterocycles. The van der Waals surface area contributed by atoms with E-state index in [2.05, 4.69) is 5.10 Å². The molecule has 0 fully saturated rings. The second kappa shape index (κ2) is 4.29. The predicted octanol–water partition coefficient (Wildman–Crippen LogP) is 1.41. The van der Waals surface area contributed by atoms with E-state index in [1.165, 1.54) is 10.7 Å². The normalized spacial score (nSPS) is 10.4. The van der Waals surface area contributed by atoms with Crippen molar-refractivity contribution in [3.63, 3.8) is 0 Å². The molecule has 2 aromatic rings. The molecule has 0 unspecified atom stereocenters. The Hall–Kier alpha value is -2.30. The summed E-state index contributed by atoms with van der Waals surface area (Å²) < 4.78 is 1.32. The van der Waals surface area contributed by atoms with Gasteiger partial charge in [0.2, 0.25) is 0 Å². The molecule has 17 heavy (non-hydrogen) atoms. The first-order valence-electron chi connectivity index (χ1n) is 5.11. The van der Waals surface area contributed by atoms with Crippen molar-refractivity contribution in [1.29, 1.82) is 0 Å². The Morgan fingerprint density at radius 3 is 2.71 bits per heavy atom. The number of para-hydroxylation sites is 1. The number of hydrogen-bond donors (Lipinski definition) is 2. The third-order valence-corrected chi connectivity index (χ3v) is 2.51. The first kappa shape index (κ1) is 11.2. The van der Waals surface area contributed by atoms with Gasteiger partial charge >= 0.3 is 5.97 Å².